The smallest absolute Gasteiger partial charge is 0.319 e. The van der Waals surface area contributed by atoms with Crippen molar-refractivity contribution in [2.24, 2.45) is 7.05 Å². The molecule has 44 heavy (non-hydrogen) atoms. The zero-order valence-corrected chi connectivity index (χ0v) is 26.4. The number of nitrogen functional groups attached to an aromatic ring is 1. The second kappa shape index (κ2) is 11.1. The Hall–Kier alpha value is -3.65. The molecule has 3 atom stereocenters. The summed E-state index contributed by atoms with van der Waals surface area (Å²) in [6.45, 7) is 9.29. The van der Waals surface area contributed by atoms with Gasteiger partial charge in [0.1, 0.15) is 24.0 Å². The van der Waals surface area contributed by atoms with Gasteiger partial charge in [-0.25, -0.2) is 4.39 Å². The van der Waals surface area contributed by atoms with E-state index in [1.54, 1.807) is 12.1 Å². The highest BCUT2D eigenvalue weighted by atomic mass is 35.5. The molecule has 0 radical (unpaired) electrons. The lowest BCUT2D eigenvalue weighted by Crippen LogP contribution is -2.51. The maximum atomic E-state index is 17.1. The molecular weight excluding hydrogens is 579 g/mol. The van der Waals surface area contributed by atoms with Gasteiger partial charge in [0, 0.05) is 71.9 Å². The Labute approximate surface area is 261 Å². The number of nitrogens with one attached hydrogen (secondary N) is 1. The molecule has 2 aromatic carbocycles. The number of fused-ring (bicyclic) bond motifs is 4. The molecule has 5 heterocycles. The fraction of sp³-hybridized carbons (Fsp3) is 0.485. The van der Waals surface area contributed by atoms with Gasteiger partial charge in [-0.1, -0.05) is 11.6 Å². The first-order valence-electron chi connectivity index (χ1n) is 15.5. The average molecular weight is 617 g/mol. The number of anilines is 2. The number of nitrogens with zero attached hydrogens (tertiary/aromatic N) is 6. The van der Waals surface area contributed by atoms with Gasteiger partial charge < -0.3 is 25.3 Å². The summed E-state index contributed by atoms with van der Waals surface area (Å²) in [4.78, 5) is 14.3. The number of hydrogen-bond donors (Lipinski definition) is 2. The van der Waals surface area contributed by atoms with Gasteiger partial charge in [0.25, 0.3) is 0 Å². The van der Waals surface area contributed by atoms with Crippen LogP contribution in [0.1, 0.15) is 50.8 Å². The van der Waals surface area contributed by atoms with Crippen molar-refractivity contribution >= 4 is 44.9 Å². The summed E-state index contributed by atoms with van der Waals surface area (Å²) in [6, 6.07) is 9.10. The van der Waals surface area contributed by atoms with Crippen LogP contribution in [0.5, 0.6) is 6.01 Å². The first-order valence-corrected chi connectivity index (χ1v) is 15.9. The second-order valence-electron chi connectivity index (χ2n) is 12.8. The van der Waals surface area contributed by atoms with Crippen LogP contribution in [-0.4, -0.2) is 69.8 Å². The van der Waals surface area contributed by atoms with Crippen molar-refractivity contribution in [3.8, 4) is 23.2 Å². The third-order valence-electron chi connectivity index (χ3n) is 9.90. The fourth-order valence-electron chi connectivity index (χ4n) is 7.65. The van der Waals surface area contributed by atoms with Gasteiger partial charge in [-0.2, -0.15) is 15.2 Å². The first-order chi connectivity index (χ1) is 21.2. The third kappa shape index (κ3) is 4.64. The molecule has 3 saturated heterocycles. The molecule has 3 aliphatic heterocycles. The molecule has 11 heteroatoms. The highest BCUT2D eigenvalue weighted by Crippen LogP contribution is 2.45. The summed E-state index contributed by atoms with van der Waals surface area (Å²) >= 11 is 6.99. The van der Waals surface area contributed by atoms with Crippen molar-refractivity contribution in [2.45, 2.75) is 70.6 Å². The Kier molecular flexibility index (Phi) is 7.31. The van der Waals surface area contributed by atoms with E-state index >= 15 is 4.39 Å². The summed E-state index contributed by atoms with van der Waals surface area (Å²) in [5.41, 5.74) is 9.28. The van der Waals surface area contributed by atoms with Crippen molar-refractivity contribution in [1.29, 1.82) is 5.26 Å². The van der Waals surface area contributed by atoms with Crippen molar-refractivity contribution in [3.05, 3.63) is 40.3 Å². The molecule has 0 spiro atoms. The first kappa shape index (κ1) is 29.1. The van der Waals surface area contributed by atoms with Crippen molar-refractivity contribution in [2.75, 3.05) is 36.9 Å². The SMILES string of the molecule is Cc1c(-c2c(Cl)cc3c(N4CC5CCC(C4)N5)nc(OC[C@@H]4CCCN4C(C)C)nc3c2F)c2c(C#N)c(N)ccc2n1C. The van der Waals surface area contributed by atoms with E-state index in [0.29, 0.717) is 58.1 Å². The van der Waals surface area contributed by atoms with E-state index in [4.69, 9.17) is 32.0 Å². The number of aryl methyl sites for hydroxylation is 1. The Balaban J connectivity index is 1.41. The minimum atomic E-state index is -0.564. The molecule has 0 saturated carbocycles. The molecular formula is C33H38ClFN8O. The number of ether oxygens (including phenoxy) is 1. The molecule has 0 aliphatic carbocycles. The van der Waals surface area contributed by atoms with E-state index in [0.717, 1.165) is 56.5 Å². The van der Waals surface area contributed by atoms with Crippen LogP contribution < -0.4 is 20.7 Å². The van der Waals surface area contributed by atoms with Crippen LogP contribution in [0.25, 0.3) is 32.9 Å². The molecule has 2 aromatic heterocycles. The highest BCUT2D eigenvalue weighted by Gasteiger charge is 2.35. The molecule has 3 aliphatic rings. The lowest BCUT2D eigenvalue weighted by Gasteiger charge is -2.34. The van der Waals surface area contributed by atoms with Gasteiger partial charge >= 0.3 is 6.01 Å². The van der Waals surface area contributed by atoms with Crippen molar-refractivity contribution in [3.63, 3.8) is 0 Å². The van der Waals surface area contributed by atoms with Gasteiger partial charge in [-0.15, -0.1) is 0 Å². The number of rotatable bonds is 6. The predicted molar refractivity (Wildman–Crippen MR) is 173 cm³/mol. The number of benzene rings is 2. The van der Waals surface area contributed by atoms with Gasteiger partial charge in [0.2, 0.25) is 0 Å². The van der Waals surface area contributed by atoms with E-state index in [2.05, 4.69) is 35.0 Å². The van der Waals surface area contributed by atoms with Crippen LogP contribution in [0.2, 0.25) is 5.02 Å². The van der Waals surface area contributed by atoms with Crippen LogP contribution in [0.15, 0.2) is 18.2 Å². The van der Waals surface area contributed by atoms with E-state index in [9.17, 15) is 5.26 Å². The number of piperazine rings is 1. The van der Waals surface area contributed by atoms with Gasteiger partial charge in [-0.3, -0.25) is 4.90 Å². The number of aromatic nitrogens is 3. The lowest BCUT2D eigenvalue weighted by atomic mass is 9.96. The predicted octanol–water partition coefficient (Wildman–Crippen LogP) is 5.54. The van der Waals surface area contributed by atoms with Gasteiger partial charge in [-0.05, 0) is 71.2 Å². The van der Waals surface area contributed by atoms with Crippen molar-refractivity contribution in [1.82, 2.24) is 24.8 Å². The minimum absolute atomic E-state index is 0.154. The van der Waals surface area contributed by atoms with E-state index < -0.39 is 5.82 Å². The third-order valence-corrected chi connectivity index (χ3v) is 10.2. The number of nitrogens with two attached hydrogens (primary N) is 1. The zero-order chi connectivity index (χ0) is 30.9. The standard InChI is InChI=1S/C33H38ClFN8O/c1-17(2)43-11-5-6-21(43)16-44-33-39-31-22(32(40-33)42-14-19-7-8-20(15-42)38-19)12-24(34)29(30(31)35)27-18(3)41(4)26-10-9-25(37)23(13-36)28(26)27/h9-10,12,17,19-21,38H,5-8,11,14-16,37H2,1-4H3/t19?,20?,21-/m0/s1. The summed E-state index contributed by atoms with van der Waals surface area (Å²) in [5, 5.41) is 15.1. The van der Waals surface area contributed by atoms with Crippen LogP contribution in [0, 0.1) is 24.1 Å². The minimum Gasteiger partial charge on any atom is -0.462 e. The van der Waals surface area contributed by atoms with Crippen LogP contribution in [0.3, 0.4) is 0 Å². The highest BCUT2D eigenvalue weighted by molar-refractivity contribution is 6.35. The Morgan fingerprint density at radius 1 is 1.18 bits per heavy atom. The lowest BCUT2D eigenvalue weighted by molar-refractivity contribution is 0.138. The summed E-state index contributed by atoms with van der Waals surface area (Å²) < 4.78 is 25.3. The topological polar surface area (TPSA) is 108 Å². The molecule has 0 amide bonds. The number of likely N-dealkylation sites (tertiary alicyclic amines) is 1. The van der Waals surface area contributed by atoms with Crippen LogP contribution in [-0.2, 0) is 7.05 Å². The molecule has 7 rings (SSSR count). The molecule has 3 N–H and O–H groups in total. The summed E-state index contributed by atoms with van der Waals surface area (Å²) in [5.74, 6) is 0.0742. The van der Waals surface area contributed by atoms with Crippen molar-refractivity contribution < 1.29 is 9.13 Å². The molecule has 9 nitrogen and oxygen atoms in total. The Morgan fingerprint density at radius 3 is 2.64 bits per heavy atom. The maximum absolute atomic E-state index is 17.1. The van der Waals surface area contributed by atoms with E-state index in [1.807, 2.05) is 24.6 Å². The zero-order valence-electron chi connectivity index (χ0n) is 25.6. The van der Waals surface area contributed by atoms with Crippen LogP contribution in [0.4, 0.5) is 15.9 Å². The average Bonchev–Trinajstić information content (AvgIpc) is 3.68. The monoisotopic (exact) mass is 616 g/mol. The van der Waals surface area contributed by atoms with Crippen LogP contribution >= 0.6 is 11.6 Å². The second-order valence-corrected chi connectivity index (χ2v) is 13.2. The van der Waals surface area contributed by atoms with E-state index in [1.165, 1.54) is 0 Å². The molecule has 2 unspecified atom stereocenters. The molecule has 230 valence electrons. The number of hydrogen-bond acceptors (Lipinski definition) is 8. The normalized spacial score (nSPS) is 22.0. The molecule has 3 fully saturated rings. The fourth-order valence-corrected chi connectivity index (χ4v) is 7.93. The van der Waals surface area contributed by atoms with Gasteiger partial charge in [0.05, 0.1) is 21.8 Å². The number of halogens is 2. The summed E-state index contributed by atoms with van der Waals surface area (Å²) in [7, 11) is 1.89. The summed E-state index contributed by atoms with van der Waals surface area (Å²) in [6.07, 6.45) is 4.36. The quantitative estimate of drug-likeness (QED) is 0.272. The Morgan fingerprint density at radius 2 is 1.93 bits per heavy atom. The molecule has 2 bridgehead atoms. The Bertz CT molecular complexity index is 1820. The number of nitriles is 1. The molecule has 4 aromatic rings. The van der Waals surface area contributed by atoms with E-state index in [-0.39, 0.29) is 28.2 Å². The maximum Gasteiger partial charge on any atom is 0.319 e. The van der Waals surface area contributed by atoms with Gasteiger partial charge in [0.15, 0.2) is 5.82 Å². The largest absolute Gasteiger partial charge is 0.462 e.